The van der Waals surface area contributed by atoms with E-state index in [2.05, 4.69) is 10.3 Å². The Hall–Kier alpha value is -3.31. The molecule has 170 valence electrons. The smallest absolute Gasteiger partial charge is 0.258 e. The molecule has 1 N–H and O–H groups in total. The van der Waals surface area contributed by atoms with Crippen molar-refractivity contribution in [2.24, 2.45) is 0 Å². The van der Waals surface area contributed by atoms with Crippen molar-refractivity contribution in [3.8, 4) is 0 Å². The molecule has 2 aromatic carbocycles. The first-order chi connectivity index (χ1) is 15.6. The second-order valence-corrected chi connectivity index (χ2v) is 11.4. The van der Waals surface area contributed by atoms with Crippen LogP contribution in [0.1, 0.15) is 30.1 Å². The minimum absolute atomic E-state index is 0.0873. The maximum atomic E-state index is 13.3. The van der Waals surface area contributed by atoms with Gasteiger partial charge in [0, 0.05) is 12.7 Å². The molecular weight excluding hydrogens is 464 g/mol. The number of hydrogen-bond donors (Lipinski definition) is 1. The Morgan fingerprint density at radius 1 is 1.21 bits per heavy atom. The summed E-state index contributed by atoms with van der Waals surface area (Å²) in [4.78, 5) is 46.4. The van der Waals surface area contributed by atoms with Gasteiger partial charge in [0.05, 0.1) is 26.4 Å². The van der Waals surface area contributed by atoms with Crippen molar-refractivity contribution < 1.29 is 22.8 Å². The van der Waals surface area contributed by atoms with Gasteiger partial charge in [0.25, 0.3) is 5.91 Å². The minimum Gasteiger partial charge on any atom is -0.306 e. The molecule has 1 unspecified atom stereocenters. The van der Waals surface area contributed by atoms with Crippen molar-refractivity contribution in [1.29, 1.82) is 0 Å². The van der Waals surface area contributed by atoms with Gasteiger partial charge in [0.1, 0.15) is 12.2 Å². The number of amides is 3. The third-order valence-electron chi connectivity index (χ3n) is 6.08. The van der Waals surface area contributed by atoms with Crippen molar-refractivity contribution in [3.05, 3.63) is 48.0 Å². The lowest BCUT2D eigenvalue weighted by Gasteiger charge is -2.48. The van der Waals surface area contributed by atoms with Crippen LogP contribution in [0.3, 0.4) is 0 Å². The highest BCUT2D eigenvalue weighted by molar-refractivity contribution is 7.90. The fourth-order valence-corrected chi connectivity index (χ4v) is 6.08. The van der Waals surface area contributed by atoms with Crippen LogP contribution in [0.5, 0.6) is 0 Å². The van der Waals surface area contributed by atoms with Crippen LogP contribution >= 0.6 is 11.3 Å². The molecule has 2 aliphatic rings. The van der Waals surface area contributed by atoms with Gasteiger partial charge in [-0.1, -0.05) is 23.5 Å². The lowest BCUT2D eigenvalue weighted by atomic mass is 9.98. The van der Waals surface area contributed by atoms with Gasteiger partial charge in [-0.2, -0.15) is 0 Å². The number of thiazole rings is 1. The lowest BCUT2D eigenvalue weighted by molar-refractivity contribution is -0.120. The number of anilines is 2. The zero-order valence-corrected chi connectivity index (χ0v) is 19.5. The molecule has 0 saturated carbocycles. The number of fused-ring (bicyclic) bond motifs is 4. The fourth-order valence-electron chi connectivity index (χ4n) is 4.43. The number of sulfone groups is 1. The summed E-state index contributed by atoms with van der Waals surface area (Å²) in [7, 11) is -3.36. The Labute approximate surface area is 193 Å². The Balaban J connectivity index is 1.42. The summed E-state index contributed by atoms with van der Waals surface area (Å²) in [6.45, 7) is 1.54. The van der Waals surface area contributed by atoms with Gasteiger partial charge in [-0.3, -0.25) is 19.3 Å². The van der Waals surface area contributed by atoms with Gasteiger partial charge < -0.3 is 10.2 Å². The molecule has 11 heteroatoms. The monoisotopic (exact) mass is 484 g/mol. The molecule has 9 nitrogen and oxygen atoms in total. The van der Waals surface area contributed by atoms with Gasteiger partial charge in [-0.25, -0.2) is 13.4 Å². The van der Waals surface area contributed by atoms with E-state index < -0.39 is 21.4 Å². The second-order valence-electron chi connectivity index (χ2n) is 8.32. The third-order valence-corrected chi connectivity index (χ3v) is 8.13. The van der Waals surface area contributed by atoms with Crippen LogP contribution in [0.4, 0.5) is 10.8 Å². The Morgan fingerprint density at radius 3 is 2.73 bits per heavy atom. The van der Waals surface area contributed by atoms with E-state index in [4.69, 9.17) is 0 Å². The molecule has 3 heterocycles. The van der Waals surface area contributed by atoms with Gasteiger partial charge in [-0.15, -0.1) is 0 Å². The normalized spacial score (nSPS) is 20.2. The van der Waals surface area contributed by atoms with E-state index in [0.717, 1.165) is 17.6 Å². The first kappa shape index (κ1) is 21.5. The highest BCUT2D eigenvalue weighted by Crippen LogP contribution is 2.43. The predicted octanol–water partition coefficient (Wildman–Crippen LogP) is 2.64. The van der Waals surface area contributed by atoms with Crippen LogP contribution in [0.25, 0.3) is 10.2 Å². The number of nitrogens with one attached hydrogen (secondary N) is 1. The van der Waals surface area contributed by atoms with Crippen LogP contribution in [-0.2, 0) is 19.4 Å². The Morgan fingerprint density at radius 2 is 1.97 bits per heavy atom. The van der Waals surface area contributed by atoms with Crippen molar-refractivity contribution in [2.75, 3.05) is 23.0 Å². The molecule has 1 fully saturated rings. The van der Waals surface area contributed by atoms with E-state index in [1.165, 1.54) is 17.0 Å². The lowest BCUT2D eigenvalue weighted by Crippen LogP contribution is -2.63. The topological polar surface area (TPSA) is 117 Å². The highest BCUT2D eigenvalue weighted by Gasteiger charge is 2.53. The first-order valence-electron chi connectivity index (χ1n) is 10.2. The summed E-state index contributed by atoms with van der Waals surface area (Å²) >= 11 is 1.15. The van der Waals surface area contributed by atoms with Crippen molar-refractivity contribution in [3.63, 3.8) is 0 Å². The molecule has 0 spiro atoms. The second kappa shape index (κ2) is 7.35. The van der Waals surface area contributed by atoms with E-state index in [9.17, 15) is 22.8 Å². The maximum Gasteiger partial charge on any atom is 0.258 e. The number of carbonyl (C=O) groups excluding carboxylic acids is 3. The number of hydrogen-bond acceptors (Lipinski definition) is 7. The van der Waals surface area contributed by atoms with Crippen molar-refractivity contribution >= 4 is 59.9 Å². The number of aromatic nitrogens is 1. The molecule has 3 amide bonds. The molecule has 5 rings (SSSR count). The summed E-state index contributed by atoms with van der Waals surface area (Å²) in [6, 6.07) is 11.5. The first-order valence-corrected chi connectivity index (χ1v) is 12.9. The van der Waals surface area contributed by atoms with Crippen LogP contribution in [0.2, 0.25) is 0 Å². The van der Waals surface area contributed by atoms with Gasteiger partial charge in [0.15, 0.2) is 15.0 Å². The third kappa shape index (κ3) is 3.47. The largest absolute Gasteiger partial charge is 0.306 e. The molecule has 3 aromatic rings. The van der Waals surface area contributed by atoms with Crippen molar-refractivity contribution in [1.82, 2.24) is 9.88 Å². The van der Waals surface area contributed by atoms with E-state index in [1.54, 1.807) is 42.2 Å². The van der Waals surface area contributed by atoms with E-state index in [1.807, 2.05) is 0 Å². The van der Waals surface area contributed by atoms with E-state index in [-0.39, 0.29) is 29.7 Å². The summed E-state index contributed by atoms with van der Waals surface area (Å²) in [5.74, 6) is -0.849. The van der Waals surface area contributed by atoms with Crippen LogP contribution in [0, 0.1) is 0 Å². The average Bonchev–Trinajstić information content (AvgIpc) is 3.30. The standard InChI is InChI=1S/C22H20N4O5S2/c1-22-10-9-19(28)26(22)16-6-4-3-5-14(16)20(29)25(22)12-18(27)24-21-23-15-8-7-13(33(2,30)31)11-17(15)32-21/h3-8,11H,9-10,12H2,1-2H3,(H,23,24,27). The van der Waals surface area contributed by atoms with Crippen LogP contribution in [0.15, 0.2) is 47.4 Å². The Kier molecular flexibility index (Phi) is 4.80. The maximum absolute atomic E-state index is 13.3. The molecule has 0 aliphatic carbocycles. The van der Waals surface area contributed by atoms with Gasteiger partial charge >= 0.3 is 0 Å². The molecule has 1 atom stereocenters. The molecule has 0 radical (unpaired) electrons. The number of para-hydroxylation sites is 1. The zero-order chi connectivity index (χ0) is 23.5. The molecule has 0 bridgehead atoms. The molecule has 2 aliphatic heterocycles. The van der Waals surface area contributed by atoms with E-state index in [0.29, 0.717) is 33.0 Å². The fraction of sp³-hybridized carbons (Fsp3) is 0.273. The van der Waals surface area contributed by atoms with Crippen LogP contribution < -0.4 is 10.2 Å². The Bertz CT molecular complexity index is 1450. The highest BCUT2D eigenvalue weighted by atomic mass is 32.2. The summed E-state index contributed by atoms with van der Waals surface area (Å²) in [5.41, 5.74) is 0.575. The van der Waals surface area contributed by atoms with Crippen molar-refractivity contribution in [2.45, 2.75) is 30.3 Å². The molecule has 33 heavy (non-hydrogen) atoms. The molecule has 1 aromatic heterocycles. The zero-order valence-electron chi connectivity index (χ0n) is 17.9. The summed E-state index contributed by atoms with van der Waals surface area (Å²) < 4.78 is 24.2. The SMILES string of the molecule is CC12CCC(=O)N1c1ccccc1C(=O)N2CC(=O)Nc1nc2ccc(S(C)(=O)=O)cc2s1. The quantitative estimate of drug-likeness (QED) is 0.609. The minimum atomic E-state index is -3.36. The molecular formula is C22H20N4O5S2. The van der Waals surface area contributed by atoms with Gasteiger partial charge in [-0.05, 0) is 43.7 Å². The number of carbonyl (C=O) groups is 3. The number of rotatable bonds is 4. The van der Waals surface area contributed by atoms with Crippen LogP contribution in [-0.4, -0.2) is 54.5 Å². The summed E-state index contributed by atoms with van der Waals surface area (Å²) in [5, 5.41) is 3.01. The average molecular weight is 485 g/mol. The van der Waals surface area contributed by atoms with E-state index >= 15 is 0 Å². The predicted molar refractivity (Wildman–Crippen MR) is 124 cm³/mol. The van der Waals surface area contributed by atoms with Gasteiger partial charge in [0.2, 0.25) is 11.8 Å². The number of benzene rings is 2. The summed E-state index contributed by atoms with van der Waals surface area (Å²) in [6.07, 6.45) is 1.84. The molecule has 1 saturated heterocycles. The number of nitrogens with zero attached hydrogens (tertiary/aromatic N) is 3.